The number of anilines is 4. The molecule has 2 fully saturated rings. The molecule has 4 heterocycles. The van der Waals surface area contributed by atoms with Gasteiger partial charge in [0.2, 0.25) is 5.91 Å². The minimum Gasteiger partial charge on any atom is -0.488 e. The molecule has 0 aromatic heterocycles. The number of benzene rings is 6. The molecule has 4 aliphatic rings. The summed E-state index contributed by atoms with van der Waals surface area (Å²) in [7, 11) is 0. The van der Waals surface area contributed by atoms with Crippen molar-refractivity contribution in [1.82, 2.24) is 19.6 Å². The van der Waals surface area contributed by atoms with Crippen LogP contribution in [0.5, 0.6) is 17.2 Å². The lowest BCUT2D eigenvalue weighted by Gasteiger charge is -2.35. The maximum Gasteiger partial charge on any atom is 0.423 e. The lowest BCUT2D eigenvalue weighted by Crippen LogP contribution is -2.51. The third-order valence-electron chi connectivity index (χ3n) is 13.9. The second-order valence-electron chi connectivity index (χ2n) is 19.8. The fourth-order valence-corrected chi connectivity index (χ4v) is 10.2. The Morgan fingerprint density at radius 2 is 0.976 bits per heavy atom. The van der Waals surface area contributed by atoms with Gasteiger partial charge < -0.3 is 34.6 Å². The monoisotopic (exact) mass is 1210 g/mol. The number of carbonyl (C=O) groups is 2. The van der Waals surface area contributed by atoms with Crippen LogP contribution in [0.2, 0.25) is 10.0 Å². The standard InChI is InChI=1S/C28H26ClF3N4O5.C15H18Cl2N2O2.C14H11F3N2O2/c29-19-1-8-26-18(13-19)14-23(41-26)16-34-9-11-35(12-10-34)27(37)17-40-22-5-2-20(3-6-22)33-21-4-7-25(36(38)39)24(15-21)28(30,31)32;16-9-15(20)19-5-3-18(4-6-19)10-13-8-11-7-12(17)1-2-14(11)21-13;1-9-2-4-10(5-3-9)18-11-6-7-13(19(20)21)12(8-11)14(15,16)17/h1-8,13,15,23,33H,9-12,14,16-17H2;1-2,7,13H,3-6,8-10H2;2-8,18H,1H3. The van der Waals surface area contributed by atoms with Crippen LogP contribution < -0.4 is 24.8 Å². The summed E-state index contributed by atoms with van der Waals surface area (Å²) in [6, 6.07) is 30.3. The van der Waals surface area contributed by atoms with Crippen LogP contribution in [0, 0.1) is 27.2 Å². The fourth-order valence-electron chi connectivity index (χ4n) is 9.64. The molecular weight excluding hydrogens is 1160 g/mol. The summed E-state index contributed by atoms with van der Waals surface area (Å²) in [5.74, 6) is 2.19. The number of nitro benzene ring substituents is 2. The van der Waals surface area contributed by atoms with E-state index in [0.29, 0.717) is 41.3 Å². The fraction of sp³-hybridized carbons (Fsp3) is 0.333. The van der Waals surface area contributed by atoms with Crippen LogP contribution in [0.15, 0.2) is 121 Å². The quantitative estimate of drug-likeness (QED) is 0.0455. The van der Waals surface area contributed by atoms with Crippen molar-refractivity contribution in [2.45, 2.75) is 44.3 Å². The van der Waals surface area contributed by atoms with Crippen molar-refractivity contribution in [3.63, 3.8) is 0 Å². The summed E-state index contributed by atoms with van der Waals surface area (Å²) >= 11 is 17.7. The number of ether oxygens (including phenoxy) is 3. The molecule has 2 saturated heterocycles. The largest absolute Gasteiger partial charge is 0.488 e. The third-order valence-corrected chi connectivity index (χ3v) is 14.6. The van der Waals surface area contributed by atoms with Crippen molar-refractivity contribution < 1.29 is 60.0 Å². The van der Waals surface area contributed by atoms with Crippen molar-refractivity contribution >= 4 is 80.7 Å². The zero-order valence-electron chi connectivity index (χ0n) is 44.4. The molecule has 0 saturated carbocycles. The van der Waals surface area contributed by atoms with Gasteiger partial charge in [0, 0.05) is 123 Å². The number of amides is 2. The van der Waals surface area contributed by atoms with E-state index >= 15 is 0 Å². The van der Waals surface area contributed by atoms with E-state index in [9.17, 15) is 56.2 Å². The number of alkyl halides is 7. The highest BCUT2D eigenvalue weighted by atomic mass is 35.5. The second kappa shape index (κ2) is 27.2. The first-order chi connectivity index (χ1) is 39.5. The van der Waals surface area contributed by atoms with E-state index in [1.54, 1.807) is 53.4 Å². The van der Waals surface area contributed by atoms with Crippen molar-refractivity contribution in [1.29, 1.82) is 0 Å². The van der Waals surface area contributed by atoms with Crippen LogP contribution in [-0.2, 0) is 34.8 Å². The third kappa shape index (κ3) is 17.0. The van der Waals surface area contributed by atoms with E-state index in [1.807, 2.05) is 48.2 Å². The highest BCUT2D eigenvalue weighted by Crippen LogP contribution is 2.40. The summed E-state index contributed by atoms with van der Waals surface area (Å²) in [4.78, 5) is 51.9. The molecule has 0 spiro atoms. The number of nitro groups is 2. The zero-order chi connectivity index (χ0) is 59.6. The minimum absolute atomic E-state index is 0.0236. The molecule has 6 aromatic rings. The van der Waals surface area contributed by atoms with Gasteiger partial charge in [-0.2, -0.15) is 26.3 Å². The Kier molecular flexibility index (Phi) is 20.2. The van der Waals surface area contributed by atoms with Gasteiger partial charge in [-0.05, 0) is 115 Å². The summed E-state index contributed by atoms with van der Waals surface area (Å²) in [5.41, 5.74) is -0.0607. The molecule has 2 unspecified atom stereocenters. The zero-order valence-corrected chi connectivity index (χ0v) is 46.6. The molecule has 6 aromatic carbocycles. The van der Waals surface area contributed by atoms with Gasteiger partial charge in [-0.3, -0.25) is 39.6 Å². The highest BCUT2D eigenvalue weighted by Gasteiger charge is 2.40. The number of nitrogens with one attached hydrogen (secondary N) is 2. The van der Waals surface area contributed by atoms with Crippen molar-refractivity contribution in [3.8, 4) is 17.2 Å². The molecule has 2 amide bonds. The minimum atomic E-state index is -4.87. The van der Waals surface area contributed by atoms with Gasteiger partial charge in [0.25, 0.3) is 17.3 Å². The number of halogens is 9. The number of hydrogen-bond acceptors (Lipinski definition) is 13. The average molecular weight is 1220 g/mol. The molecule has 2 atom stereocenters. The molecule has 10 rings (SSSR count). The van der Waals surface area contributed by atoms with Gasteiger partial charge in [-0.15, -0.1) is 11.6 Å². The number of carbonyl (C=O) groups excluding carboxylic acids is 2. The van der Waals surface area contributed by atoms with E-state index in [1.165, 1.54) is 17.7 Å². The molecular formula is C57H55Cl3F6N8O9. The SMILES string of the molecule is Cc1ccc(Nc2ccc([N+](=O)[O-])c(C(F)(F)F)c2)cc1.O=C(CCl)N1CCN(CC2Cc3cc(Cl)ccc3O2)CC1.O=C(COc1ccc(Nc2ccc([N+](=O)[O-])c(C(F)(F)F)c2)cc1)N1CCN(CC2Cc3cc(Cl)ccc3O2)CC1. The lowest BCUT2D eigenvalue weighted by molar-refractivity contribution is -0.388. The smallest absolute Gasteiger partial charge is 0.423 e. The van der Waals surface area contributed by atoms with Gasteiger partial charge in [0.1, 0.15) is 46.5 Å². The first-order valence-electron chi connectivity index (χ1n) is 26.0. The predicted octanol–water partition coefficient (Wildman–Crippen LogP) is 12.2. The Morgan fingerprint density at radius 1 is 0.578 bits per heavy atom. The summed E-state index contributed by atoms with van der Waals surface area (Å²) in [6.45, 7) is 9.23. The van der Waals surface area contributed by atoms with Crippen LogP contribution in [0.25, 0.3) is 0 Å². The van der Waals surface area contributed by atoms with Crippen molar-refractivity contribution in [2.24, 2.45) is 0 Å². The molecule has 0 aliphatic carbocycles. The summed E-state index contributed by atoms with van der Waals surface area (Å²) in [6.07, 6.45) is -7.72. The number of fused-ring (bicyclic) bond motifs is 2. The van der Waals surface area contributed by atoms with Gasteiger partial charge >= 0.3 is 12.4 Å². The first-order valence-corrected chi connectivity index (χ1v) is 27.3. The van der Waals surface area contributed by atoms with E-state index in [0.717, 1.165) is 111 Å². The van der Waals surface area contributed by atoms with Crippen LogP contribution in [0.3, 0.4) is 0 Å². The van der Waals surface area contributed by atoms with Gasteiger partial charge in [-0.1, -0.05) is 40.9 Å². The Bertz CT molecular complexity index is 3280. The molecule has 2 N–H and O–H groups in total. The van der Waals surface area contributed by atoms with Gasteiger partial charge in [0.05, 0.1) is 9.85 Å². The number of nitrogens with zero attached hydrogens (tertiary/aromatic N) is 6. The maximum atomic E-state index is 13.2. The first kappa shape index (κ1) is 61.5. The predicted molar refractivity (Wildman–Crippen MR) is 302 cm³/mol. The van der Waals surface area contributed by atoms with Crippen molar-refractivity contribution in [3.05, 3.63) is 179 Å². The summed E-state index contributed by atoms with van der Waals surface area (Å²) in [5, 5.41) is 28.6. The van der Waals surface area contributed by atoms with Gasteiger partial charge in [0.15, 0.2) is 6.61 Å². The van der Waals surface area contributed by atoms with E-state index in [2.05, 4.69) is 20.4 Å². The molecule has 0 radical (unpaired) electrons. The van der Waals surface area contributed by atoms with Gasteiger partial charge in [-0.25, -0.2) is 0 Å². The Labute approximate surface area is 487 Å². The van der Waals surface area contributed by atoms with Crippen LogP contribution in [0.1, 0.15) is 27.8 Å². The topological polar surface area (TPSA) is 185 Å². The number of piperazine rings is 2. The Morgan fingerprint density at radius 3 is 1.37 bits per heavy atom. The van der Waals surface area contributed by atoms with E-state index < -0.39 is 44.7 Å². The Balaban J connectivity index is 0.000000180. The molecule has 4 aliphatic heterocycles. The van der Waals surface area contributed by atoms with Crippen molar-refractivity contribution in [2.75, 3.05) is 88.6 Å². The molecule has 83 heavy (non-hydrogen) atoms. The lowest BCUT2D eigenvalue weighted by atomic mass is 10.1. The van der Waals surface area contributed by atoms with Crippen LogP contribution in [-0.4, -0.2) is 131 Å². The highest BCUT2D eigenvalue weighted by molar-refractivity contribution is 6.31. The number of aryl methyl sites for hydroxylation is 1. The molecule has 440 valence electrons. The normalized spacial score (nSPS) is 16.8. The number of hydrogen-bond donors (Lipinski definition) is 2. The molecule has 0 bridgehead atoms. The van der Waals surface area contributed by atoms with E-state index in [4.69, 9.17) is 49.0 Å². The van der Waals surface area contributed by atoms with Crippen LogP contribution >= 0.6 is 34.8 Å². The average Bonchev–Trinajstić information content (AvgIpc) is 4.12. The Hall–Kier alpha value is -7.57. The maximum absolute atomic E-state index is 13.2. The van der Waals surface area contributed by atoms with Crippen LogP contribution in [0.4, 0.5) is 60.5 Å². The molecule has 17 nitrogen and oxygen atoms in total. The molecule has 26 heteroatoms. The summed E-state index contributed by atoms with van der Waals surface area (Å²) < 4.78 is 95.9. The van der Waals surface area contributed by atoms with E-state index in [-0.39, 0.29) is 47.9 Å². The number of rotatable bonds is 14. The second-order valence-corrected chi connectivity index (χ2v) is 20.9.